The number of ether oxygens (including phenoxy) is 1. The second kappa shape index (κ2) is 8.45. The minimum Gasteiger partial charge on any atom is -0.380 e. The summed E-state index contributed by atoms with van der Waals surface area (Å²) in [6.45, 7) is 0.872. The van der Waals surface area contributed by atoms with Crippen LogP contribution in [0.1, 0.15) is 38.5 Å². The summed E-state index contributed by atoms with van der Waals surface area (Å²) in [5, 5.41) is 3.04. The van der Waals surface area contributed by atoms with Gasteiger partial charge in [0, 0.05) is 26.2 Å². The molecule has 5 heteroatoms. The third-order valence-corrected chi connectivity index (χ3v) is 3.83. The normalized spacial score (nSPS) is 20.4. The van der Waals surface area contributed by atoms with Crippen molar-refractivity contribution in [2.75, 3.05) is 20.2 Å². The molecule has 1 aliphatic rings. The van der Waals surface area contributed by atoms with Gasteiger partial charge in [-0.1, -0.05) is 19.3 Å². The Balaban J connectivity index is 2.39. The fourth-order valence-electron chi connectivity index (χ4n) is 2.64. The predicted octanol–water partition coefficient (Wildman–Crippen LogP) is 0.374. The van der Waals surface area contributed by atoms with Gasteiger partial charge >= 0.3 is 0 Å². The highest BCUT2D eigenvalue weighted by Crippen LogP contribution is 2.26. The molecular formula is C13H27N3O2. The van der Waals surface area contributed by atoms with E-state index in [0.717, 1.165) is 0 Å². The fourth-order valence-corrected chi connectivity index (χ4v) is 2.64. The lowest BCUT2D eigenvalue weighted by Crippen LogP contribution is -2.47. The molecule has 0 aromatic heterocycles. The van der Waals surface area contributed by atoms with Crippen molar-refractivity contribution < 1.29 is 9.53 Å². The largest absolute Gasteiger partial charge is 0.380 e. The van der Waals surface area contributed by atoms with E-state index in [1.54, 1.807) is 7.11 Å². The van der Waals surface area contributed by atoms with Crippen molar-refractivity contribution in [1.29, 1.82) is 0 Å². The Kier molecular flexibility index (Phi) is 7.23. The Hall–Kier alpha value is -0.650. The van der Waals surface area contributed by atoms with E-state index in [-0.39, 0.29) is 18.1 Å². The summed E-state index contributed by atoms with van der Waals surface area (Å²) < 4.78 is 5.11. The lowest BCUT2D eigenvalue weighted by Gasteiger charge is -2.30. The zero-order valence-corrected chi connectivity index (χ0v) is 11.4. The molecule has 1 rings (SSSR count). The number of nitrogens with one attached hydrogen (secondary N) is 1. The molecule has 0 heterocycles. The van der Waals surface area contributed by atoms with E-state index in [0.29, 0.717) is 25.4 Å². The van der Waals surface area contributed by atoms with E-state index in [1.807, 2.05) is 0 Å². The molecule has 18 heavy (non-hydrogen) atoms. The Bertz CT molecular complexity index is 238. The van der Waals surface area contributed by atoms with Crippen LogP contribution in [0.15, 0.2) is 0 Å². The van der Waals surface area contributed by atoms with Gasteiger partial charge in [0.1, 0.15) is 0 Å². The van der Waals surface area contributed by atoms with Gasteiger partial charge < -0.3 is 21.5 Å². The first-order valence-corrected chi connectivity index (χ1v) is 6.93. The first-order valence-electron chi connectivity index (χ1n) is 6.93. The summed E-state index contributed by atoms with van der Waals surface area (Å²) in [5.41, 5.74) is 11.3. The zero-order valence-electron chi connectivity index (χ0n) is 11.4. The Morgan fingerprint density at radius 2 is 1.94 bits per heavy atom. The topological polar surface area (TPSA) is 90.4 Å². The minimum atomic E-state index is -0.199. The summed E-state index contributed by atoms with van der Waals surface area (Å²) in [6.07, 6.45) is 6.27. The number of nitrogens with two attached hydrogens (primary N) is 2. The minimum absolute atomic E-state index is 0.00618. The molecule has 1 aliphatic carbocycles. The average Bonchev–Trinajstić information content (AvgIpc) is 2.43. The maximum Gasteiger partial charge on any atom is 0.222 e. The Morgan fingerprint density at radius 3 is 2.44 bits per heavy atom. The maximum absolute atomic E-state index is 11.9. The monoisotopic (exact) mass is 257 g/mol. The van der Waals surface area contributed by atoms with Crippen LogP contribution in [0, 0.1) is 5.92 Å². The highest BCUT2D eigenvalue weighted by molar-refractivity contribution is 5.76. The van der Waals surface area contributed by atoms with Crippen LogP contribution in [-0.2, 0) is 9.53 Å². The maximum atomic E-state index is 11.9. The molecule has 5 nitrogen and oxygen atoms in total. The highest BCUT2D eigenvalue weighted by Gasteiger charge is 2.24. The van der Waals surface area contributed by atoms with E-state index in [9.17, 15) is 4.79 Å². The molecule has 0 radical (unpaired) electrons. The van der Waals surface area contributed by atoms with Crippen LogP contribution < -0.4 is 16.8 Å². The molecule has 1 amide bonds. The van der Waals surface area contributed by atoms with Crippen LogP contribution in [0.25, 0.3) is 0 Å². The quantitative estimate of drug-likeness (QED) is 0.615. The molecule has 2 unspecified atom stereocenters. The third kappa shape index (κ3) is 4.92. The number of amides is 1. The van der Waals surface area contributed by atoms with Crippen LogP contribution in [0.4, 0.5) is 0 Å². The summed E-state index contributed by atoms with van der Waals surface area (Å²) in [6, 6.07) is 0.105. The molecule has 2 atom stereocenters. The molecule has 0 aromatic carbocycles. The number of methoxy groups -OCH3 is 1. The van der Waals surface area contributed by atoms with Crippen molar-refractivity contribution in [1.82, 2.24) is 5.32 Å². The molecule has 0 bridgehead atoms. The van der Waals surface area contributed by atoms with Gasteiger partial charge in [-0.05, 0) is 18.8 Å². The number of carbonyl (C=O) groups excluding carboxylic acids is 1. The summed E-state index contributed by atoms with van der Waals surface area (Å²) >= 11 is 0. The molecular weight excluding hydrogens is 230 g/mol. The SMILES string of the molecule is COC(CN)CC(=O)NC(CN)C1CCCCC1. The Labute approximate surface area is 110 Å². The lowest BCUT2D eigenvalue weighted by molar-refractivity contribution is -0.124. The van der Waals surface area contributed by atoms with Crippen molar-refractivity contribution >= 4 is 5.91 Å². The predicted molar refractivity (Wildman–Crippen MR) is 72.0 cm³/mol. The summed E-state index contributed by atoms with van der Waals surface area (Å²) in [5.74, 6) is 0.528. The van der Waals surface area contributed by atoms with E-state index in [2.05, 4.69) is 5.32 Å². The smallest absolute Gasteiger partial charge is 0.222 e. The van der Waals surface area contributed by atoms with Gasteiger partial charge in [0.25, 0.3) is 0 Å². The average molecular weight is 257 g/mol. The Morgan fingerprint density at radius 1 is 1.28 bits per heavy atom. The number of carbonyl (C=O) groups is 1. The van der Waals surface area contributed by atoms with Crippen molar-refractivity contribution in [2.45, 2.75) is 50.7 Å². The van der Waals surface area contributed by atoms with Crippen LogP contribution in [0.2, 0.25) is 0 Å². The summed E-state index contributed by atoms with van der Waals surface area (Å²) in [7, 11) is 1.58. The van der Waals surface area contributed by atoms with Gasteiger partial charge in [-0.15, -0.1) is 0 Å². The van der Waals surface area contributed by atoms with Gasteiger partial charge in [-0.3, -0.25) is 4.79 Å². The van der Waals surface area contributed by atoms with Gasteiger partial charge in [0.05, 0.1) is 12.5 Å². The number of hydrogen-bond acceptors (Lipinski definition) is 4. The zero-order chi connectivity index (χ0) is 13.4. The second-order valence-electron chi connectivity index (χ2n) is 5.11. The molecule has 5 N–H and O–H groups in total. The van der Waals surface area contributed by atoms with Gasteiger partial charge in [0.2, 0.25) is 5.91 Å². The van der Waals surface area contributed by atoms with Crippen LogP contribution in [0.5, 0.6) is 0 Å². The van der Waals surface area contributed by atoms with Crippen molar-refractivity contribution in [3.05, 3.63) is 0 Å². The van der Waals surface area contributed by atoms with E-state index in [1.165, 1.54) is 32.1 Å². The third-order valence-electron chi connectivity index (χ3n) is 3.83. The van der Waals surface area contributed by atoms with E-state index < -0.39 is 0 Å². The lowest BCUT2D eigenvalue weighted by atomic mass is 9.84. The van der Waals surface area contributed by atoms with Gasteiger partial charge in [-0.2, -0.15) is 0 Å². The molecule has 1 fully saturated rings. The van der Waals surface area contributed by atoms with Gasteiger partial charge in [0.15, 0.2) is 0 Å². The van der Waals surface area contributed by atoms with Crippen LogP contribution >= 0.6 is 0 Å². The standard InChI is InChI=1S/C13H27N3O2/c1-18-11(8-14)7-13(17)16-12(9-15)10-5-3-2-4-6-10/h10-12H,2-9,14-15H2,1H3,(H,16,17). The molecule has 1 saturated carbocycles. The first kappa shape index (κ1) is 15.4. The summed E-state index contributed by atoms with van der Waals surface area (Å²) in [4.78, 5) is 11.9. The fraction of sp³-hybridized carbons (Fsp3) is 0.923. The van der Waals surface area contributed by atoms with Crippen molar-refractivity contribution in [3.63, 3.8) is 0 Å². The second-order valence-corrected chi connectivity index (χ2v) is 5.11. The molecule has 0 aromatic rings. The number of hydrogen-bond donors (Lipinski definition) is 3. The van der Waals surface area contributed by atoms with Crippen molar-refractivity contribution in [2.24, 2.45) is 17.4 Å². The highest BCUT2D eigenvalue weighted by atomic mass is 16.5. The van der Waals surface area contributed by atoms with E-state index in [4.69, 9.17) is 16.2 Å². The first-order chi connectivity index (χ1) is 8.71. The van der Waals surface area contributed by atoms with Gasteiger partial charge in [-0.25, -0.2) is 0 Å². The van der Waals surface area contributed by atoms with Crippen LogP contribution in [0.3, 0.4) is 0 Å². The van der Waals surface area contributed by atoms with Crippen molar-refractivity contribution in [3.8, 4) is 0 Å². The van der Waals surface area contributed by atoms with Crippen LogP contribution in [-0.4, -0.2) is 38.3 Å². The molecule has 106 valence electrons. The molecule has 0 saturated heterocycles. The van der Waals surface area contributed by atoms with E-state index >= 15 is 0 Å². The molecule has 0 spiro atoms. The molecule has 0 aliphatic heterocycles. The number of rotatable bonds is 7.